The average molecular weight is 321 g/mol. The van der Waals surface area contributed by atoms with E-state index in [1.807, 2.05) is 18.2 Å². The van der Waals surface area contributed by atoms with Crippen LogP contribution in [0.5, 0.6) is 11.5 Å². The molecule has 0 bridgehead atoms. The van der Waals surface area contributed by atoms with E-state index in [2.05, 4.69) is 12.2 Å². The van der Waals surface area contributed by atoms with Crippen molar-refractivity contribution in [3.63, 3.8) is 0 Å². The number of ether oxygens (including phenoxy) is 2. The Hall–Kier alpha value is -1.75. The Morgan fingerprint density at radius 2 is 2.00 bits per heavy atom. The highest BCUT2D eigenvalue weighted by atomic mass is 16.5. The molecule has 1 fully saturated rings. The first-order valence-electron chi connectivity index (χ1n) is 8.40. The van der Waals surface area contributed by atoms with Gasteiger partial charge in [0, 0.05) is 12.6 Å². The molecule has 2 rings (SSSR count). The van der Waals surface area contributed by atoms with Gasteiger partial charge in [-0.1, -0.05) is 13.0 Å². The molecule has 1 aliphatic carbocycles. The molecule has 5 heteroatoms. The van der Waals surface area contributed by atoms with Crippen molar-refractivity contribution in [3.8, 4) is 11.5 Å². The number of hydrogen-bond donors (Lipinski definition) is 2. The van der Waals surface area contributed by atoms with Crippen LogP contribution in [0.3, 0.4) is 0 Å². The minimum Gasteiger partial charge on any atom is -0.493 e. The molecule has 0 heterocycles. The molecule has 2 N–H and O–H groups in total. The van der Waals surface area contributed by atoms with Crippen molar-refractivity contribution in [1.82, 2.24) is 5.32 Å². The number of carboxylic acids is 1. The zero-order valence-electron chi connectivity index (χ0n) is 14.0. The van der Waals surface area contributed by atoms with E-state index in [9.17, 15) is 4.79 Å². The van der Waals surface area contributed by atoms with Crippen molar-refractivity contribution in [2.75, 3.05) is 13.7 Å². The van der Waals surface area contributed by atoms with Gasteiger partial charge in [0.05, 0.1) is 19.6 Å². The normalized spacial score (nSPS) is 21.0. The predicted octanol–water partition coefficient (Wildman–Crippen LogP) is 3.22. The van der Waals surface area contributed by atoms with E-state index < -0.39 is 5.97 Å². The van der Waals surface area contributed by atoms with Gasteiger partial charge in [0.15, 0.2) is 11.5 Å². The zero-order chi connectivity index (χ0) is 16.7. The Morgan fingerprint density at radius 1 is 1.26 bits per heavy atom. The third-order valence-electron chi connectivity index (χ3n) is 4.36. The SMILES string of the molecule is CCCOc1ccc(CNC2CCC(C(=O)O)CC2)cc1OC. The molecule has 0 amide bonds. The second-order valence-corrected chi connectivity index (χ2v) is 6.10. The van der Waals surface area contributed by atoms with Crippen molar-refractivity contribution in [2.45, 2.75) is 51.6 Å². The molecule has 128 valence electrons. The minimum atomic E-state index is -0.657. The molecule has 1 aliphatic rings. The van der Waals surface area contributed by atoms with E-state index in [0.29, 0.717) is 12.6 Å². The maximum Gasteiger partial charge on any atom is 0.306 e. The number of carboxylic acid groups (broad SMARTS) is 1. The summed E-state index contributed by atoms with van der Waals surface area (Å²) in [5.74, 6) is 0.714. The Balaban J connectivity index is 1.85. The fraction of sp³-hybridized carbons (Fsp3) is 0.611. The van der Waals surface area contributed by atoms with E-state index >= 15 is 0 Å². The zero-order valence-corrected chi connectivity index (χ0v) is 14.0. The van der Waals surface area contributed by atoms with Gasteiger partial charge in [0.1, 0.15) is 0 Å². The topological polar surface area (TPSA) is 67.8 Å². The number of aliphatic carboxylic acids is 1. The van der Waals surface area contributed by atoms with Crippen LogP contribution in [0.15, 0.2) is 18.2 Å². The highest BCUT2D eigenvalue weighted by molar-refractivity contribution is 5.70. The molecule has 0 unspecified atom stereocenters. The molecular weight excluding hydrogens is 294 g/mol. The van der Waals surface area contributed by atoms with Gasteiger partial charge in [-0.05, 0) is 49.8 Å². The van der Waals surface area contributed by atoms with Crippen molar-refractivity contribution in [3.05, 3.63) is 23.8 Å². The predicted molar refractivity (Wildman–Crippen MR) is 89.0 cm³/mol. The number of methoxy groups -OCH3 is 1. The lowest BCUT2D eigenvalue weighted by atomic mass is 9.86. The summed E-state index contributed by atoms with van der Waals surface area (Å²) in [5.41, 5.74) is 1.14. The molecule has 0 atom stereocenters. The van der Waals surface area contributed by atoms with E-state index in [0.717, 1.165) is 55.7 Å². The lowest BCUT2D eigenvalue weighted by Crippen LogP contribution is -2.34. The first-order chi connectivity index (χ1) is 11.1. The van der Waals surface area contributed by atoms with Crippen LogP contribution in [0.2, 0.25) is 0 Å². The smallest absolute Gasteiger partial charge is 0.306 e. The highest BCUT2D eigenvalue weighted by Gasteiger charge is 2.25. The molecule has 5 nitrogen and oxygen atoms in total. The monoisotopic (exact) mass is 321 g/mol. The summed E-state index contributed by atoms with van der Waals surface area (Å²) in [6.45, 7) is 3.51. The maximum atomic E-state index is 11.0. The molecule has 1 saturated carbocycles. The third kappa shape index (κ3) is 5.13. The van der Waals surface area contributed by atoms with Crippen LogP contribution in [0.25, 0.3) is 0 Å². The van der Waals surface area contributed by atoms with Crippen LogP contribution in [-0.4, -0.2) is 30.8 Å². The molecule has 0 saturated heterocycles. The molecule has 1 aromatic carbocycles. The van der Waals surface area contributed by atoms with E-state index in [-0.39, 0.29) is 5.92 Å². The molecule has 23 heavy (non-hydrogen) atoms. The summed E-state index contributed by atoms with van der Waals surface area (Å²) in [5, 5.41) is 12.6. The highest BCUT2D eigenvalue weighted by Crippen LogP contribution is 2.29. The largest absolute Gasteiger partial charge is 0.493 e. The second-order valence-electron chi connectivity index (χ2n) is 6.10. The van der Waals surface area contributed by atoms with E-state index in [1.54, 1.807) is 7.11 Å². The van der Waals surface area contributed by atoms with Gasteiger partial charge in [-0.25, -0.2) is 0 Å². The molecule has 0 aromatic heterocycles. The van der Waals surface area contributed by atoms with Crippen LogP contribution in [0.4, 0.5) is 0 Å². The first kappa shape index (κ1) is 17.6. The van der Waals surface area contributed by atoms with Gasteiger partial charge < -0.3 is 19.9 Å². The van der Waals surface area contributed by atoms with Crippen molar-refractivity contribution in [2.24, 2.45) is 5.92 Å². The number of nitrogens with one attached hydrogen (secondary N) is 1. The summed E-state index contributed by atoms with van der Waals surface area (Å²) >= 11 is 0. The van der Waals surface area contributed by atoms with Crippen molar-refractivity contribution < 1.29 is 19.4 Å². The molecule has 1 aromatic rings. The lowest BCUT2D eigenvalue weighted by Gasteiger charge is -2.27. The number of hydrogen-bond acceptors (Lipinski definition) is 4. The fourth-order valence-electron chi connectivity index (χ4n) is 2.96. The second kappa shape index (κ2) is 8.77. The van der Waals surface area contributed by atoms with Crippen molar-refractivity contribution >= 4 is 5.97 Å². The summed E-state index contributed by atoms with van der Waals surface area (Å²) in [7, 11) is 1.65. The molecule has 0 aliphatic heterocycles. The number of rotatable bonds is 8. The molecule has 0 spiro atoms. The Morgan fingerprint density at radius 3 is 2.61 bits per heavy atom. The van der Waals surface area contributed by atoms with Crippen LogP contribution in [0.1, 0.15) is 44.6 Å². The fourth-order valence-corrected chi connectivity index (χ4v) is 2.96. The number of carbonyl (C=O) groups is 1. The van der Waals surface area contributed by atoms with Gasteiger partial charge in [-0.2, -0.15) is 0 Å². The summed E-state index contributed by atoms with van der Waals surface area (Å²) in [6.07, 6.45) is 4.34. The molecular formula is C18H27NO4. The van der Waals surface area contributed by atoms with Crippen LogP contribution < -0.4 is 14.8 Å². The van der Waals surface area contributed by atoms with Gasteiger partial charge in [0.2, 0.25) is 0 Å². The minimum absolute atomic E-state index is 0.164. The quantitative estimate of drug-likeness (QED) is 0.769. The van der Waals surface area contributed by atoms with Gasteiger partial charge in [-0.15, -0.1) is 0 Å². The van der Waals surface area contributed by atoms with Gasteiger partial charge >= 0.3 is 5.97 Å². The standard InChI is InChI=1S/C18H27NO4/c1-3-10-23-16-9-4-13(11-17(16)22-2)12-19-15-7-5-14(6-8-15)18(20)21/h4,9,11,14-15,19H,3,5-8,10,12H2,1-2H3,(H,20,21). The lowest BCUT2D eigenvalue weighted by molar-refractivity contribution is -0.142. The number of benzene rings is 1. The first-order valence-corrected chi connectivity index (χ1v) is 8.40. The summed E-state index contributed by atoms with van der Waals surface area (Å²) in [4.78, 5) is 11.0. The van der Waals surface area contributed by atoms with E-state index in [1.165, 1.54) is 0 Å². The Bertz CT molecular complexity index is 510. The van der Waals surface area contributed by atoms with Crippen LogP contribution in [0, 0.1) is 5.92 Å². The van der Waals surface area contributed by atoms with Gasteiger partial charge in [0.25, 0.3) is 0 Å². The van der Waals surface area contributed by atoms with E-state index in [4.69, 9.17) is 14.6 Å². The summed E-state index contributed by atoms with van der Waals surface area (Å²) < 4.78 is 11.1. The maximum absolute atomic E-state index is 11.0. The Kier molecular flexibility index (Phi) is 6.71. The summed E-state index contributed by atoms with van der Waals surface area (Å²) in [6, 6.07) is 6.39. The molecule has 0 radical (unpaired) electrons. The third-order valence-corrected chi connectivity index (χ3v) is 4.36. The average Bonchev–Trinajstić information content (AvgIpc) is 2.58. The van der Waals surface area contributed by atoms with Crippen LogP contribution in [-0.2, 0) is 11.3 Å². The van der Waals surface area contributed by atoms with Crippen LogP contribution >= 0.6 is 0 Å². The van der Waals surface area contributed by atoms with Crippen molar-refractivity contribution in [1.29, 1.82) is 0 Å². The van der Waals surface area contributed by atoms with Gasteiger partial charge in [-0.3, -0.25) is 4.79 Å². The Labute approximate surface area is 138 Å².